The number of ether oxygens (including phenoxy) is 5. The van der Waals surface area contributed by atoms with Gasteiger partial charge in [0.25, 0.3) is 6.48 Å². The van der Waals surface area contributed by atoms with Crippen LogP contribution in [0.5, 0.6) is 0 Å². The Morgan fingerprint density at radius 3 is 2.03 bits per heavy atom. The molecule has 174 valence electrons. The predicted octanol–water partition coefficient (Wildman–Crippen LogP) is 0.796. The first-order valence-electron chi connectivity index (χ1n) is 9.66. The van der Waals surface area contributed by atoms with Crippen molar-refractivity contribution in [3.63, 3.8) is 0 Å². The van der Waals surface area contributed by atoms with E-state index in [9.17, 15) is 9.46 Å². The van der Waals surface area contributed by atoms with Crippen LogP contribution >= 0.6 is 7.82 Å². The smallest absolute Gasteiger partial charge is 0.394 e. The fourth-order valence-corrected chi connectivity index (χ4v) is 3.79. The second-order valence-corrected chi connectivity index (χ2v) is 8.39. The largest absolute Gasteiger partial charge is 0.472 e. The summed E-state index contributed by atoms with van der Waals surface area (Å²) in [6.45, 7) is 6.80. The van der Waals surface area contributed by atoms with Crippen molar-refractivity contribution in [2.45, 2.75) is 77.7 Å². The van der Waals surface area contributed by atoms with Gasteiger partial charge in [-0.25, -0.2) is 4.57 Å². The number of hydrogen-bond acceptors (Lipinski definition) is 10. The zero-order chi connectivity index (χ0) is 22.0. The monoisotopic (exact) mass is 446 g/mol. The topological polar surface area (TPSA) is 142 Å². The van der Waals surface area contributed by atoms with E-state index in [1.165, 1.54) is 0 Å². The van der Waals surface area contributed by atoms with Gasteiger partial charge in [0.05, 0.1) is 51.3 Å². The summed E-state index contributed by atoms with van der Waals surface area (Å²) in [6.07, 6.45) is -3.77. The van der Waals surface area contributed by atoms with Crippen LogP contribution in [-0.2, 0) is 37.3 Å². The van der Waals surface area contributed by atoms with E-state index in [2.05, 4.69) is 0 Å². The van der Waals surface area contributed by atoms with Gasteiger partial charge in [0, 0.05) is 0 Å². The average Bonchev–Trinajstić information content (AvgIpc) is 2.88. The first-order chi connectivity index (χ1) is 13.6. The molecule has 0 radical (unpaired) electrons. The molecule has 0 spiro atoms. The predicted molar refractivity (Wildman–Crippen MR) is 101 cm³/mol. The van der Waals surface area contributed by atoms with E-state index in [-0.39, 0.29) is 39.1 Å². The van der Waals surface area contributed by atoms with E-state index in [0.717, 1.165) is 0 Å². The third-order valence-electron chi connectivity index (χ3n) is 3.69. The Morgan fingerprint density at radius 2 is 1.55 bits per heavy atom. The summed E-state index contributed by atoms with van der Waals surface area (Å²) >= 11 is 0. The minimum absolute atomic E-state index is 0.0710. The summed E-state index contributed by atoms with van der Waals surface area (Å²) in [5, 5.41) is 17.9. The summed E-state index contributed by atoms with van der Waals surface area (Å²) in [4.78, 5) is 10.1. The number of aliphatic hydroxyl groups is 2. The Kier molecular flexibility index (Phi) is 12.3. The van der Waals surface area contributed by atoms with Gasteiger partial charge in [0.2, 0.25) is 0 Å². The molecule has 5 atom stereocenters. The van der Waals surface area contributed by atoms with Gasteiger partial charge in [-0.3, -0.25) is 9.05 Å². The molecule has 1 aliphatic rings. The molecule has 1 aliphatic heterocycles. The second-order valence-electron chi connectivity index (χ2n) is 7.03. The Hall–Kier alpha value is -0.170. The molecule has 1 fully saturated rings. The molecule has 2 unspecified atom stereocenters. The first-order valence-corrected chi connectivity index (χ1v) is 11.2. The standard InChI is InChI=1S/C17H35O11P/c1-11(2)24-10-14-16(28-29(20,21)27-12(3)4)15(13(5)25-14)26-17(22-8-6-18)23-9-7-19/h11-19H,6-10H2,1-5H3,(H,20,21)/t13-,14+,15+,16?/m0/s1. The van der Waals surface area contributed by atoms with Gasteiger partial charge < -0.3 is 38.8 Å². The minimum Gasteiger partial charge on any atom is -0.394 e. The lowest BCUT2D eigenvalue weighted by Gasteiger charge is -2.29. The molecule has 0 aromatic carbocycles. The highest BCUT2D eigenvalue weighted by Gasteiger charge is 2.49. The maximum Gasteiger partial charge on any atom is 0.472 e. The van der Waals surface area contributed by atoms with Crippen molar-refractivity contribution >= 4 is 7.82 Å². The van der Waals surface area contributed by atoms with Gasteiger partial charge in [-0.05, 0) is 34.6 Å². The quantitative estimate of drug-likeness (QED) is 0.243. The zero-order valence-corrected chi connectivity index (χ0v) is 18.5. The minimum atomic E-state index is -4.41. The lowest BCUT2D eigenvalue weighted by Crippen LogP contribution is -2.42. The van der Waals surface area contributed by atoms with E-state index < -0.39 is 44.8 Å². The molecule has 0 aliphatic carbocycles. The molecule has 11 nitrogen and oxygen atoms in total. The van der Waals surface area contributed by atoms with Gasteiger partial charge in [-0.1, -0.05) is 0 Å². The fourth-order valence-electron chi connectivity index (χ4n) is 2.64. The average molecular weight is 446 g/mol. The molecule has 0 aromatic heterocycles. The molecular formula is C17H35O11P. The Labute approximate surface area is 171 Å². The van der Waals surface area contributed by atoms with Gasteiger partial charge in [0.15, 0.2) is 0 Å². The number of rotatable bonds is 15. The van der Waals surface area contributed by atoms with Crippen LogP contribution in [-0.4, -0.2) is 91.2 Å². The molecule has 1 rings (SSSR count). The highest BCUT2D eigenvalue weighted by Crippen LogP contribution is 2.48. The molecule has 1 saturated heterocycles. The van der Waals surface area contributed by atoms with Crippen LogP contribution in [0.4, 0.5) is 0 Å². The Morgan fingerprint density at radius 1 is 0.966 bits per heavy atom. The second kappa shape index (κ2) is 13.3. The van der Waals surface area contributed by atoms with Crippen LogP contribution in [0, 0.1) is 0 Å². The number of hydrogen-bond donors (Lipinski definition) is 3. The first kappa shape index (κ1) is 26.9. The van der Waals surface area contributed by atoms with Crippen LogP contribution in [0.25, 0.3) is 0 Å². The Balaban J connectivity index is 2.96. The lowest BCUT2D eigenvalue weighted by molar-refractivity contribution is -0.316. The summed E-state index contributed by atoms with van der Waals surface area (Å²) in [5.41, 5.74) is 0. The van der Waals surface area contributed by atoms with Gasteiger partial charge >= 0.3 is 7.82 Å². The normalized spacial score (nSPS) is 27.3. The number of phosphoric ester groups is 1. The van der Waals surface area contributed by atoms with Crippen LogP contribution in [0.15, 0.2) is 0 Å². The van der Waals surface area contributed by atoms with Crippen LogP contribution in [0.2, 0.25) is 0 Å². The van der Waals surface area contributed by atoms with Gasteiger partial charge in [-0.2, -0.15) is 0 Å². The van der Waals surface area contributed by atoms with Crippen LogP contribution in [0.1, 0.15) is 34.6 Å². The van der Waals surface area contributed by atoms with E-state index in [1.54, 1.807) is 20.8 Å². The summed E-state index contributed by atoms with van der Waals surface area (Å²) in [6, 6.07) is 0. The summed E-state index contributed by atoms with van der Waals surface area (Å²) in [5.74, 6) is 0. The molecule has 0 saturated carbocycles. The molecule has 0 bridgehead atoms. The summed E-state index contributed by atoms with van der Waals surface area (Å²) < 4.78 is 50.5. The number of aliphatic hydroxyl groups excluding tert-OH is 2. The SMILES string of the molecule is CC(C)OC[C@H]1O[C@@H](C)[C@@H](OC(OCCO)OCCO)C1OP(=O)(O)OC(C)C. The van der Waals surface area contributed by atoms with Crippen molar-refractivity contribution in [1.29, 1.82) is 0 Å². The molecule has 3 N–H and O–H groups in total. The maximum atomic E-state index is 12.4. The van der Waals surface area contributed by atoms with Crippen LogP contribution in [0.3, 0.4) is 0 Å². The zero-order valence-electron chi connectivity index (χ0n) is 17.6. The fraction of sp³-hybridized carbons (Fsp3) is 1.00. The molecule has 29 heavy (non-hydrogen) atoms. The van der Waals surface area contributed by atoms with Crippen molar-refractivity contribution in [2.24, 2.45) is 0 Å². The van der Waals surface area contributed by atoms with E-state index in [1.807, 2.05) is 13.8 Å². The van der Waals surface area contributed by atoms with Gasteiger partial charge in [-0.15, -0.1) is 0 Å². The maximum absolute atomic E-state index is 12.4. The number of phosphoric acid groups is 1. The van der Waals surface area contributed by atoms with Crippen LogP contribution < -0.4 is 0 Å². The summed E-state index contributed by atoms with van der Waals surface area (Å²) in [7, 11) is -4.41. The highest BCUT2D eigenvalue weighted by atomic mass is 31.2. The van der Waals surface area contributed by atoms with Crippen molar-refractivity contribution < 1.29 is 52.4 Å². The third-order valence-corrected chi connectivity index (χ3v) is 4.89. The van der Waals surface area contributed by atoms with E-state index >= 15 is 0 Å². The molecule has 0 amide bonds. The lowest BCUT2D eigenvalue weighted by atomic mass is 10.1. The Bertz CT molecular complexity index is 482. The molecule has 0 aromatic rings. The van der Waals surface area contributed by atoms with Crippen molar-refractivity contribution in [2.75, 3.05) is 33.0 Å². The molecular weight excluding hydrogens is 411 g/mol. The third kappa shape index (κ3) is 10.1. The van der Waals surface area contributed by atoms with E-state index in [0.29, 0.717) is 0 Å². The van der Waals surface area contributed by atoms with Crippen molar-refractivity contribution in [3.05, 3.63) is 0 Å². The van der Waals surface area contributed by atoms with Crippen molar-refractivity contribution in [1.82, 2.24) is 0 Å². The highest BCUT2D eigenvalue weighted by molar-refractivity contribution is 7.47. The van der Waals surface area contributed by atoms with Crippen molar-refractivity contribution in [3.8, 4) is 0 Å². The molecule has 12 heteroatoms. The molecule has 1 heterocycles. The van der Waals surface area contributed by atoms with E-state index in [4.69, 9.17) is 42.9 Å². The van der Waals surface area contributed by atoms with Gasteiger partial charge in [0.1, 0.15) is 18.3 Å².